The molecular weight excluding hydrogens is 508 g/mol. The Hall–Kier alpha value is -2.64. The van der Waals surface area contributed by atoms with Crippen molar-refractivity contribution in [2.45, 2.75) is 6.18 Å². The molecule has 0 atom stereocenters. The van der Waals surface area contributed by atoms with E-state index in [0.717, 1.165) is 6.20 Å². The van der Waals surface area contributed by atoms with Crippen LogP contribution in [0.2, 0.25) is 15.1 Å². The SMILES string of the molecule is O=c1c(Cl)c(Cl)cnn1-c1cnn(-c2c(F)c(F)c(C(F)(F)F)c(F)c2F)c(=O)c1Cl. The Balaban J connectivity index is 2.31. The van der Waals surface area contributed by atoms with Crippen molar-refractivity contribution in [2.24, 2.45) is 0 Å². The molecule has 0 aliphatic carbocycles. The molecular formula is C15H2Cl3F7N4O2. The van der Waals surface area contributed by atoms with Gasteiger partial charge in [-0.25, -0.2) is 17.6 Å². The van der Waals surface area contributed by atoms with E-state index in [2.05, 4.69) is 10.2 Å². The molecule has 31 heavy (non-hydrogen) atoms. The first kappa shape index (κ1) is 23.0. The number of benzene rings is 1. The molecule has 164 valence electrons. The van der Waals surface area contributed by atoms with Crippen molar-refractivity contribution in [3.63, 3.8) is 0 Å². The molecule has 0 aliphatic rings. The van der Waals surface area contributed by atoms with Crippen molar-refractivity contribution < 1.29 is 30.7 Å². The van der Waals surface area contributed by atoms with Crippen LogP contribution in [0.4, 0.5) is 30.7 Å². The highest BCUT2D eigenvalue weighted by Crippen LogP contribution is 2.37. The van der Waals surface area contributed by atoms with Gasteiger partial charge in [-0.15, -0.1) is 0 Å². The van der Waals surface area contributed by atoms with Gasteiger partial charge in [0.25, 0.3) is 11.1 Å². The Morgan fingerprint density at radius 3 is 1.74 bits per heavy atom. The van der Waals surface area contributed by atoms with Gasteiger partial charge in [0.05, 0.1) is 17.4 Å². The molecule has 3 rings (SSSR count). The summed E-state index contributed by atoms with van der Waals surface area (Å²) in [4.78, 5) is 24.5. The highest BCUT2D eigenvalue weighted by atomic mass is 35.5. The number of hydrogen-bond donors (Lipinski definition) is 0. The summed E-state index contributed by atoms with van der Waals surface area (Å²) in [6.07, 6.45) is -4.38. The van der Waals surface area contributed by atoms with Crippen LogP contribution >= 0.6 is 34.8 Å². The lowest BCUT2D eigenvalue weighted by molar-refractivity contribution is -0.143. The first-order chi connectivity index (χ1) is 14.3. The zero-order valence-corrected chi connectivity index (χ0v) is 16.3. The predicted molar refractivity (Wildman–Crippen MR) is 93.1 cm³/mol. The third kappa shape index (κ3) is 3.66. The van der Waals surface area contributed by atoms with Gasteiger partial charge in [-0.1, -0.05) is 34.8 Å². The van der Waals surface area contributed by atoms with Gasteiger partial charge in [0.1, 0.15) is 27.0 Å². The molecule has 0 saturated carbocycles. The highest BCUT2D eigenvalue weighted by molar-refractivity contribution is 6.41. The maximum absolute atomic E-state index is 14.2. The maximum Gasteiger partial charge on any atom is 0.422 e. The first-order valence-electron chi connectivity index (χ1n) is 7.44. The van der Waals surface area contributed by atoms with Gasteiger partial charge in [-0.2, -0.15) is 32.7 Å². The molecule has 0 bridgehead atoms. The third-order valence-electron chi connectivity index (χ3n) is 3.74. The van der Waals surface area contributed by atoms with Gasteiger partial charge < -0.3 is 0 Å². The van der Waals surface area contributed by atoms with Crippen LogP contribution in [-0.2, 0) is 6.18 Å². The summed E-state index contributed by atoms with van der Waals surface area (Å²) >= 11 is 17.0. The van der Waals surface area contributed by atoms with Crippen LogP contribution in [0.1, 0.15) is 5.56 Å². The minimum absolute atomic E-state index is 0.264. The van der Waals surface area contributed by atoms with Crippen LogP contribution < -0.4 is 11.1 Å². The molecule has 2 aromatic heterocycles. The van der Waals surface area contributed by atoms with E-state index < -0.39 is 67.5 Å². The zero-order valence-electron chi connectivity index (χ0n) is 14.0. The number of nitrogens with zero attached hydrogens (tertiary/aromatic N) is 4. The Morgan fingerprint density at radius 1 is 0.742 bits per heavy atom. The van der Waals surface area contributed by atoms with E-state index in [4.69, 9.17) is 34.8 Å². The number of alkyl halides is 3. The van der Waals surface area contributed by atoms with Crippen LogP contribution in [0.3, 0.4) is 0 Å². The van der Waals surface area contributed by atoms with Gasteiger partial charge >= 0.3 is 6.18 Å². The molecule has 0 unspecified atom stereocenters. The molecule has 16 heteroatoms. The van der Waals surface area contributed by atoms with Gasteiger partial charge in [0.15, 0.2) is 23.3 Å². The predicted octanol–water partition coefficient (Wildman–Crippen LogP) is 4.31. The van der Waals surface area contributed by atoms with Gasteiger partial charge in [0.2, 0.25) is 0 Å². The second kappa shape index (κ2) is 7.80. The monoisotopic (exact) mass is 508 g/mol. The number of halogens is 10. The van der Waals surface area contributed by atoms with E-state index >= 15 is 0 Å². The smallest absolute Gasteiger partial charge is 0.266 e. The Kier molecular flexibility index (Phi) is 5.80. The summed E-state index contributed by atoms with van der Waals surface area (Å²) in [6, 6.07) is 0. The topological polar surface area (TPSA) is 69.8 Å². The lowest BCUT2D eigenvalue weighted by Gasteiger charge is -2.15. The molecule has 0 spiro atoms. The van der Waals surface area contributed by atoms with E-state index in [9.17, 15) is 40.3 Å². The van der Waals surface area contributed by atoms with Crippen LogP contribution in [0.25, 0.3) is 11.4 Å². The van der Waals surface area contributed by atoms with E-state index in [0.29, 0.717) is 10.9 Å². The fourth-order valence-corrected chi connectivity index (χ4v) is 2.83. The molecule has 0 N–H and O–H groups in total. The zero-order chi connectivity index (χ0) is 23.4. The van der Waals surface area contributed by atoms with Crippen LogP contribution in [-0.4, -0.2) is 19.6 Å². The first-order valence-corrected chi connectivity index (χ1v) is 8.57. The minimum Gasteiger partial charge on any atom is -0.266 e. The number of aromatic nitrogens is 4. The Bertz CT molecular complexity index is 1330. The Labute approximate surface area is 180 Å². The van der Waals surface area contributed by atoms with Gasteiger partial charge in [-0.3, -0.25) is 9.59 Å². The molecule has 3 aromatic rings. The second-order valence-electron chi connectivity index (χ2n) is 5.56. The molecule has 0 saturated heterocycles. The van der Waals surface area contributed by atoms with Crippen molar-refractivity contribution in [1.29, 1.82) is 0 Å². The van der Waals surface area contributed by atoms with Gasteiger partial charge in [0, 0.05) is 0 Å². The van der Waals surface area contributed by atoms with Crippen molar-refractivity contribution >= 4 is 34.8 Å². The summed E-state index contributed by atoms with van der Waals surface area (Å²) in [5, 5.41) is 4.96. The standard InChI is InChI=1S/C15H2Cl3F7N4O2/c16-3-1-26-28(13(30)6(3)17)4-2-27-29(14(31)7(4)18)12-10(21)8(19)5(15(23,24)25)9(20)11(12)22/h1-2H. The van der Waals surface area contributed by atoms with Gasteiger partial charge in [-0.05, 0) is 0 Å². The number of rotatable bonds is 2. The average molecular weight is 510 g/mol. The molecule has 2 heterocycles. The quantitative estimate of drug-likeness (QED) is 0.381. The average Bonchev–Trinajstić information content (AvgIpc) is 2.68. The van der Waals surface area contributed by atoms with Crippen molar-refractivity contribution in [2.75, 3.05) is 0 Å². The van der Waals surface area contributed by atoms with E-state index in [-0.39, 0.29) is 9.70 Å². The Morgan fingerprint density at radius 2 is 1.23 bits per heavy atom. The normalized spacial score (nSPS) is 11.8. The van der Waals surface area contributed by atoms with Crippen molar-refractivity contribution in [3.05, 3.63) is 77.0 Å². The lowest BCUT2D eigenvalue weighted by atomic mass is 10.1. The molecule has 0 radical (unpaired) electrons. The van der Waals surface area contributed by atoms with Crippen LogP contribution in [0.15, 0.2) is 22.0 Å². The van der Waals surface area contributed by atoms with Crippen LogP contribution in [0.5, 0.6) is 0 Å². The van der Waals surface area contributed by atoms with E-state index in [1.807, 2.05) is 0 Å². The number of hydrogen-bond acceptors (Lipinski definition) is 4. The van der Waals surface area contributed by atoms with Crippen LogP contribution in [0, 0.1) is 23.3 Å². The summed E-state index contributed by atoms with van der Waals surface area (Å²) in [6.45, 7) is 0. The molecule has 0 aliphatic heterocycles. The largest absolute Gasteiger partial charge is 0.422 e. The van der Waals surface area contributed by atoms with E-state index in [1.165, 1.54) is 0 Å². The molecule has 1 aromatic carbocycles. The summed E-state index contributed by atoms with van der Waals surface area (Å²) < 4.78 is 94.3. The summed E-state index contributed by atoms with van der Waals surface area (Å²) in [5.74, 6) is -10.7. The minimum atomic E-state index is -5.78. The fraction of sp³-hybridized carbons (Fsp3) is 0.0667. The van der Waals surface area contributed by atoms with E-state index in [1.54, 1.807) is 0 Å². The summed E-state index contributed by atoms with van der Waals surface area (Å²) in [5.41, 5.74) is -8.07. The summed E-state index contributed by atoms with van der Waals surface area (Å²) in [7, 11) is 0. The van der Waals surface area contributed by atoms with Crippen molar-refractivity contribution in [3.8, 4) is 11.4 Å². The second-order valence-corrected chi connectivity index (χ2v) is 6.72. The fourth-order valence-electron chi connectivity index (χ4n) is 2.37. The molecule has 0 amide bonds. The molecule has 0 fully saturated rings. The molecule has 6 nitrogen and oxygen atoms in total. The lowest BCUT2D eigenvalue weighted by Crippen LogP contribution is -2.29. The third-order valence-corrected chi connectivity index (χ3v) is 4.84. The maximum atomic E-state index is 14.2. The highest BCUT2D eigenvalue weighted by Gasteiger charge is 2.43. The van der Waals surface area contributed by atoms with Crippen molar-refractivity contribution in [1.82, 2.24) is 19.6 Å².